The van der Waals surface area contributed by atoms with Crippen LogP contribution in [0.2, 0.25) is 0 Å². The van der Waals surface area contributed by atoms with E-state index in [4.69, 9.17) is 9.84 Å². The van der Waals surface area contributed by atoms with Crippen molar-refractivity contribution in [3.8, 4) is 47.4 Å². The molecule has 0 rings (SSSR count). The summed E-state index contributed by atoms with van der Waals surface area (Å²) in [5, 5.41) is 8.46. The number of rotatable bonds is 11. The lowest BCUT2D eigenvalue weighted by Gasteiger charge is -2.07. The third-order valence-corrected chi connectivity index (χ3v) is 3.52. The summed E-state index contributed by atoms with van der Waals surface area (Å²) in [6, 6.07) is 0. The minimum Gasteiger partial charge on any atom is -0.481 e. The molecule has 0 aliphatic rings. The van der Waals surface area contributed by atoms with E-state index in [1.54, 1.807) is 7.11 Å². The van der Waals surface area contributed by atoms with Gasteiger partial charge >= 0.3 is 5.97 Å². The summed E-state index contributed by atoms with van der Waals surface area (Å²) in [7, 11) is 1.70. The summed E-state index contributed by atoms with van der Waals surface area (Å²) in [5.74, 6) is 21.9. The highest BCUT2D eigenvalue weighted by atomic mass is 16.5. The minimum absolute atomic E-state index is 0.0206. The van der Waals surface area contributed by atoms with Gasteiger partial charge in [-0.3, -0.25) is 4.79 Å². The van der Waals surface area contributed by atoms with Crippen LogP contribution in [0.25, 0.3) is 0 Å². The molecule has 0 aromatic heterocycles. The van der Waals surface area contributed by atoms with Crippen molar-refractivity contribution in [2.24, 2.45) is 0 Å². The van der Waals surface area contributed by atoms with E-state index in [-0.39, 0.29) is 12.5 Å². The number of allylic oxidation sites excluding steroid dienone is 2. The molecule has 0 unspecified atom stereocenters. The highest BCUT2D eigenvalue weighted by Crippen LogP contribution is 2.09. The summed E-state index contributed by atoms with van der Waals surface area (Å²) in [6.45, 7) is 2.10. The Kier molecular flexibility index (Phi) is 17.8. The van der Waals surface area contributed by atoms with E-state index in [9.17, 15) is 4.79 Å². The van der Waals surface area contributed by atoms with Crippen LogP contribution in [0.1, 0.15) is 71.1 Å². The Labute approximate surface area is 165 Å². The fourth-order valence-electron chi connectivity index (χ4n) is 2.04. The van der Waals surface area contributed by atoms with E-state index in [2.05, 4.69) is 54.3 Å². The molecule has 0 aliphatic carbocycles. The first-order chi connectivity index (χ1) is 13.2. The van der Waals surface area contributed by atoms with Crippen LogP contribution in [-0.2, 0) is 9.53 Å². The second-order valence-electron chi connectivity index (χ2n) is 5.90. The average Bonchev–Trinajstić information content (AvgIpc) is 2.66. The molecule has 3 heteroatoms. The second kappa shape index (κ2) is 19.7. The van der Waals surface area contributed by atoms with Crippen LogP contribution in [0.5, 0.6) is 0 Å². The number of carboxylic acids is 1. The molecule has 0 heterocycles. The van der Waals surface area contributed by atoms with Crippen molar-refractivity contribution < 1.29 is 14.6 Å². The van der Waals surface area contributed by atoms with Gasteiger partial charge < -0.3 is 9.84 Å². The highest BCUT2D eigenvalue weighted by molar-refractivity contribution is 5.67. The van der Waals surface area contributed by atoms with Crippen LogP contribution >= 0.6 is 0 Å². The SMILES string of the molecule is CCCC#CC#C[C@H](CCCCCC/C=C/C#CC#CCCC(=O)O)OC. The van der Waals surface area contributed by atoms with Crippen molar-refractivity contribution in [1.82, 2.24) is 0 Å². The monoisotopic (exact) mass is 366 g/mol. The minimum atomic E-state index is -0.834. The maximum absolute atomic E-state index is 10.3. The fourth-order valence-corrected chi connectivity index (χ4v) is 2.04. The number of carboxylic acid groups (broad SMARTS) is 1. The van der Waals surface area contributed by atoms with Crippen LogP contribution in [0.3, 0.4) is 0 Å². The van der Waals surface area contributed by atoms with Crippen molar-refractivity contribution in [3.05, 3.63) is 12.2 Å². The molecule has 0 bridgehead atoms. The fraction of sp³-hybridized carbons (Fsp3) is 0.542. The molecule has 3 nitrogen and oxygen atoms in total. The molecule has 0 aliphatic heterocycles. The Morgan fingerprint density at radius 2 is 1.78 bits per heavy atom. The molecule has 144 valence electrons. The van der Waals surface area contributed by atoms with Crippen LogP contribution < -0.4 is 0 Å². The number of ether oxygens (including phenoxy) is 1. The number of aliphatic carboxylic acids is 1. The smallest absolute Gasteiger partial charge is 0.304 e. The number of methoxy groups -OCH3 is 1. The lowest BCUT2D eigenvalue weighted by molar-refractivity contribution is -0.136. The van der Waals surface area contributed by atoms with E-state index in [0.29, 0.717) is 6.42 Å². The number of carbonyl (C=O) groups is 1. The van der Waals surface area contributed by atoms with Crippen LogP contribution in [-0.4, -0.2) is 24.3 Å². The largest absolute Gasteiger partial charge is 0.481 e. The molecule has 1 N–H and O–H groups in total. The van der Waals surface area contributed by atoms with Crippen LogP contribution in [0.4, 0.5) is 0 Å². The Balaban J connectivity index is 3.74. The van der Waals surface area contributed by atoms with E-state index in [1.807, 2.05) is 12.2 Å². The molecule has 27 heavy (non-hydrogen) atoms. The maximum Gasteiger partial charge on any atom is 0.304 e. The summed E-state index contributed by atoms with van der Waals surface area (Å²) in [6.07, 6.45) is 12.7. The summed E-state index contributed by atoms with van der Waals surface area (Å²) in [5.41, 5.74) is 0. The van der Waals surface area contributed by atoms with E-state index in [0.717, 1.165) is 44.9 Å². The van der Waals surface area contributed by atoms with Gasteiger partial charge in [-0.1, -0.05) is 49.5 Å². The van der Waals surface area contributed by atoms with Crippen molar-refractivity contribution >= 4 is 5.97 Å². The van der Waals surface area contributed by atoms with Crippen molar-refractivity contribution in [1.29, 1.82) is 0 Å². The quantitative estimate of drug-likeness (QED) is 0.430. The van der Waals surface area contributed by atoms with E-state index >= 15 is 0 Å². The first-order valence-corrected chi connectivity index (χ1v) is 9.57. The number of hydrogen-bond donors (Lipinski definition) is 1. The molecule has 0 fully saturated rings. The first-order valence-electron chi connectivity index (χ1n) is 9.57. The lowest BCUT2D eigenvalue weighted by Crippen LogP contribution is -2.06. The van der Waals surface area contributed by atoms with Gasteiger partial charge in [0.2, 0.25) is 0 Å². The van der Waals surface area contributed by atoms with Gasteiger partial charge in [0, 0.05) is 20.0 Å². The molecule has 0 amide bonds. The van der Waals surface area contributed by atoms with E-state index in [1.165, 1.54) is 6.42 Å². The molecule has 0 saturated heterocycles. The lowest BCUT2D eigenvalue weighted by atomic mass is 10.1. The van der Waals surface area contributed by atoms with Gasteiger partial charge in [-0.15, -0.1) is 0 Å². The van der Waals surface area contributed by atoms with Gasteiger partial charge in [-0.2, -0.15) is 0 Å². The van der Waals surface area contributed by atoms with Gasteiger partial charge in [-0.25, -0.2) is 0 Å². The van der Waals surface area contributed by atoms with Crippen molar-refractivity contribution in [3.63, 3.8) is 0 Å². The first kappa shape index (κ1) is 24.4. The second-order valence-corrected chi connectivity index (χ2v) is 5.90. The zero-order valence-corrected chi connectivity index (χ0v) is 16.6. The molecule has 0 aromatic carbocycles. The van der Waals surface area contributed by atoms with Gasteiger partial charge in [0.15, 0.2) is 0 Å². The van der Waals surface area contributed by atoms with Gasteiger partial charge in [0.1, 0.15) is 6.10 Å². The predicted octanol–water partition coefficient (Wildman–Crippen LogP) is 4.58. The molecular weight excluding hydrogens is 336 g/mol. The Bertz CT molecular complexity index is 672. The Morgan fingerprint density at radius 1 is 1.04 bits per heavy atom. The standard InChI is InChI=1S/C24H30O3/c1-3-4-5-14-17-20-23(27-2)21-18-15-12-10-8-6-7-9-11-13-16-19-22-24(25)26/h6-7,23H,3-4,8,10,12,15,18-19,21-22H2,1-2H3,(H,25,26)/b7-6+/t23-/m1/s1. The van der Waals surface area contributed by atoms with Gasteiger partial charge in [0.05, 0.1) is 6.42 Å². The Hall–Kier alpha value is -2.59. The number of unbranched alkanes of at least 4 members (excludes halogenated alkanes) is 5. The van der Waals surface area contributed by atoms with Gasteiger partial charge in [0.25, 0.3) is 0 Å². The van der Waals surface area contributed by atoms with Gasteiger partial charge in [-0.05, 0) is 61.9 Å². The third-order valence-electron chi connectivity index (χ3n) is 3.52. The van der Waals surface area contributed by atoms with E-state index < -0.39 is 5.97 Å². The highest BCUT2D eigenvalue weighted by Gasteiger charge is 2.01. The zero-order valence-electron chi connectivity index (χ0n) is 16.6. The predicted molar refractivity (Wildman–Crippen MR) is 111 cm³/mol. The van der Waals surface area contributed by atoms with Crippen LogP contribution in [0.15, 0.2) is 12.2 Å². The maximum atomic E-state index is 10.3. The third kappa shape index (κ3) is 19.6. The normalized spacial score (nSPS) is 10.3. The molecular formula is C24H30O3. The average molecular weight is 367 g/mol. The topological polar surface area (TPSA) is 46.5 Å². The Morgan fingerprint density at radius 3 is 2.52 bits per heavy atom. The summed E-state index contributed by atoms with van der Waals surface area (Å²) < 4.78 is 5.37. The molecule has 0 radical (unpaired) electrons. The molecule has 0 spiro atoms. The zero-order chi connectivity index (χ0) is 20.0. The van der Waals surface area contributed by atoms with Crippen molar-refractivity contribution in [2.75, 3.05) is 7.11 Å². The van der Waals surface area contributed by atoms with Crippen molar-refractivity contribution in [2.45, 2.75) is 77.2 Å². The summed E-state index contributed by atoms with van der Waals surface area (Å²) in [4.78, 5) is 10.3. The molecule has 0 aromatic rings. The number of hydrogen-bond acceptors (Lipinski definition) is 2. The molecule has 0 saturated carbocycles. The molecule has 1 atom stereocenters. The summed E-state index contributed by atoms with van der Waals surface area (Å²) >= 11 is 0. The van der Waals surface area contributed by atoms with Crippen LogP contribution in [0, 0.1) is 47.4 Å².